The molecule has 20 heavy (non-hydrogen) atoms. The van der Waals surface area contributed by atoms with E-state index >= 15 is 0 Å². The molecule has 0 unspecified atom stereocenters. The highest BCUT2D eigenvalue weighted by Crippen LogP contribution is 2.27. The van der Waals surface area contributed by atoms with Gasteiger partial charge in [0.1, 0.15) is 0 Å². The molecule has 0 bridgehead atoms. The predicted octanol–water partition coefficient (Wildman–Crippen LogP) is 1.04. The lowest BCUT2D eigenvalue weighted by Crippen LogP contribution is -2.35. The smallest absolute Gasteiger partial charge is 0.335 e. The van der Waals surface area contributed by atoms with E-state index in [2.05, 4.69) is 10.6 Å². The molecule has 108 valence electrons. The van der Waals surface area contributed by atoms with Gasteiger partial charge in [0, 0.05) is 6.54 Å². The molecule has 0 aromatic heterocycles. The molecule has 1 saturated carbocycles. The van der Waals surface area contributed by atoms with Gasteiger partial charge in [-0.1, -0.05) is 12.1 Å². The fraction of sp³-hybridized carbons (Fsp3) is 0.467. The van der Waals surface area contributed by atoms with E-state index < -0.39 is 5.97 Å². The van der Waals surface area contributed by atoms with Crippen LogP contribution in [0.15, 0.2) is 24.3 Å². The molecule has 0 radical (unpaired) electrons. The van der Waals surface area contributed by atoms with Gasteiger partial charge < -0.3 is 15.7 Å². The average Bonchev–Trinajstić information content (AvgIpc) is 3.23. The van der Waals surface area contributed by atoms with Crippen molar-refractivity contribution in [3.05, 3.63) is 35.4 Å². The summed E-state index contributed by atoms with van der Waals surface area (Å²) in [6, 6.07) is 6.79. The van der Waals surface area contributed by atoms with E-state index in [-0.39, 0.29) is 11.5 Å². The number of benzene rings is 1. The molecule has 1 aliphatic rings. The second-order valence-electron chi connectivity index (χ2n) is 5.18. The van der Waals surface area contributed by atoms with Crippen LogP contribution in [-0.4, -0.2) is 36.6 Å². The largest absolute Gasteiger partial charge is 0.478 e. The molecular formula is C15H20N2O3. The SMILES string of the molecule is O=C(CNCC1CC1)NCCc1cccc(C(=O)O)c1. The highest BCUT2D eigenvalue weighted by atomic mass is 16.4. The number of hydrogen-bond acceptors (Lipinski definition) is 3. The summed E-state index contributed by atoms with van der Waals surface area (Å²) in [5.74, 6) is -0.179. The predicted molar refractivity (Wildman–Crippen MR) is 75.7 cm³/mol. The number of hydrogen-bond donors (Lipinski definition) is 3. The number of aromatic carboxylic acids is 1. The van der Waals surface area contributed by atoms with Crippen LogP contribution in [0.1, 0.15) is 28.8 Å². The van der Waals surface area contributed by atoms with Crippen molar-refractivity contribution in [2.45, 2.75) is 19.3 Å². The van der Waals surface area contributed by atoms with Crippen molar-refractivity contribution in [2.24, 2.45) is 5.92 Å². The maximum atomic E-state index is 11.5. The van der Waals surface area contributed by atoms with Crippen LogP contribution in [0.4, 0.5) is 0 Å². The third-order valence-corrected chi connectivity index (χ3v) is 3.33. The van der Waals surface area contributed by atoms with Crippen molar-refractivity contribution in [2.75, 3.05) is 19.6 Å². The Morgan fingerprint density at radius 2 is 2.10 bits per heavy atom. The Bertz CT molecular complexity index is 484. The maximum absolute atomic E-state index is 11.5. The fourth-order valence-electron chi connectivity index (χ4n) is 1.98. The monoisotopic (exact) mass is 276 g/mol. The van der Waals surface area contributed by atoms with Gasteiger partial charge in [-0.25, -0.2) is 4.79 Å². The number of carboxylic acid groups (broad SMARTS) is 1. The minimum absolute atomic E-state index is 0.0139. The summed E-state index contributed by atoms with van der Waals surface area (Å²) in [6.45, 7) is 1.80. The van der Waals surface area contributed by atoms with Crippen LogP contribution in [0.2, 0.25) is 0 Å². The van der Waals surface area contributed by atoms with E-state index in [1.807, 2.05) is 6.07 Å². The number of amides is 1. The van der Waals surface area contributed by atoms with Gasteiger partial charge in [-0.2, -0.15) is 0 Å². The minimum atomic E-state index is -0.930. The third-order valence-electron chi connectivity index (χ3n) is 3.33. The molecule has 5 heteroatoms. The van der Waals surface area contributed by atoms with Crippen LogP contribution < -0.4 is 10.6 Å². The maximum Gasteiger partial charge on any atom is 0.335 e. The topological polar surface area (TPSA) is 78.4 Å². The van der Waals surface area contributed by atoms with Gasteiger partial charge in [0.15, 0.2) is 0 Å². The molecule has 0 spiro atoms. The summed E-state index contributed by atoms with van der Waals surface area (Å²) in [5.41, 5.74) is 1.19. The first-order chi connectivity index (χ1) is 9.65. The number of carbonyl (C=O) groups excluding carboxylic acids is 1. The number of carboxylic acids is 1. The van der Waals surface area contributed by atoms with E-state index in [9.17, 15) is 9.59 Å². The van der Waals surface area contributed by atoms with Gasteiger partial charge in [-0.15, -0.1) is 0 Å². The molecular weight excluding hydrogens is 256 g/mol. The molecule has 1 aromatic rings. The molecule has 0 aliphatic heterocycles. The third kappa shape index (κ3) is 5.01. The van der Waals surface area contributed by atoms with E-state index in [0.717, 1.165) is 18.0 Å². The Morgan fingerprint density at radius 3 is 2.80 bits per heavy atom. The summed E-state index contributed by atoms with van der Waals surface area (Å²) in [4.78, 5) is 22.4. The molecule has 0 heterocycles. The molecule has 0 saturated heterocycles. The quantitative estimate of drug-likeness (QED) is 0.663. The second kappa shape index (κ2) is 7.05. The summed E-state index contributed by atoms with van der Waals surface area (Å²) >= 11 is 0. The molecule has 5 nitrogen and oxygen atoms in total. The van der Waals surface area contributed by atoms with Crippen molar-refractivity contribution < 1.29 is 14.7 Å². The first-order valence-electron chi connectivity index (χ1n) is 6.95. The van der Waals surface area contributed by atoms with Crippen molar-refractivity contribution in [3.8, 4) is 0 Å². The molecule has 3 N–H and O–H groups in total. The molecule has 2 rings (SSSR count). The highest BCUT2D eigenvalue weighted by molar-refractivity contribution is 5.87. The van der Waals surface area contributed by atoms with E-state index in [4.69, 9.17) is 5.11 Å². The van der Waals surface area contributed by atoms with Crippen LogP contribution in [0, 0.1) is 5.92 Å². The van der Waals surface area contributed by atoms with Crippen LogP contribution in [0.3, 0.4) is 0 Å². The second-order valence-corrected chi connectivity index (χ2v) is 5.18. The van der Waals surface area contributed by atoms with Gasteiger partial charge in [0.2, 0.25) is 5.91 Å². The van der Waals surface area contributed by atoms with Gasteiger partial charge in [0.05, 0.1) is 12.1 Å². The van der Waals surface area contributed by atoms with Gasteiger partial charge in [-0.05, 0) is 49.4 Å². The standard InChI is InChI=1S/C15H20N2O3/c18-14(10-16-9-12-4-5-12)17-7-6-11-2-1-3-13(8-11)15(19)20/h1-3,8,12,16H,4-7,9-10H2,(H,17,18)(H,19,20). The van der Waals surface area contributed by atoms with Crippen LogP contribution in [-0.2, 0) is 11.2 Å². The van der Waals surface area contributed by atoms with E-state index in [1.165, 1.54) is 12.8 Å². The lowest BCUT2D eigenvalue weighted by molar-refractivity contribution is -0.120. The summed E-state index contributed by atoms with van der Waals surface area (Å²) < 4.78 is 0. The first kappa shape index (κ1) is 14.5. The lowest BCUT2D eigenvalue weighted by Gasteiger charge is -2.07. The zero-order chi connectivity index (χ0) is 14.4. The minimum Gasteiger partial charge on any atom is -0.478 e. The van der Waals surface area contributed by atoms with Gasteiger partial charge in [-0.3, -0.25) is 4.79 Å². The molecule has 1 aromatic carbocycles. The van der Waals surface area contributed by atoms with Crippen LogP contribution >= 0.6 is 0 Å². The Labute approximate surface area is 118 Å². The summed E-state index contributed by atoms with van der Waals surface area (Å²) in [6.07, 6.45) is 3.18. The molecule has 1 aliphatic carbocycles. The lowest BCUT2D eigenvalue weighted by atomic mass is 10.1. The normalized spacial score (nSPS) is 14.0. The molecule has 0 atom stereocenters. The highest BCUT2D eigenvalue weighted by Gasteiger charge is 2.20. The van der Waals surface area contributed by atoms with Gasteiger partial charge >= 0.3 is 5.97 Å². The zero-order valence-electron chi connectivity index (χ0n) is 11.4. The Kier molecular flexibility index (Phi) is 5.12. The fourth-order valence-corrected chi connectivity index (χ4v) is 1.98. The Hall–Kier alpha value is -1.88. The van der Waals surface area contributed by atoms with Crippen molar-refractivity contribution in [3.63, 3.8) is 0 Å². The average molecular weight is 276 g/mol. The first-order valence-corrected chi connectivity index (χ1v) is 6.95. The number of nitrogens with one attached hydrogen (secondary N) is 2. The Balaban J connectivity index is 1.65. The zero-order valence-corrected chi connectivity index (χ0v) is 11.4. The van der Waals surface area contributed by atoms with Gasteiger partial charge in [0.25, 0.3) is 0 Å². The summed E-state index contributed by atoms with van der Waals surface area (Å²) in [7, 11) is 0. The number of rotatable bonds is 8. The van der Waals surface area contributed by atoms with Crippen LogP contribution in [0.25, 0.3) is 0 Å². The van der Waals surface area contributed by atoms with E-state index in [0.29, 0.717) is 19.5 Å². The van der Waals surface area contributed by atoms with Crippen molar-refractivity contribution in [1.29, 1.82) is 0 Å². The molecule has 1 fully saturated rings. The number of carbonyl (C=O) groups is 2. The van der Waals surface area contributed by atoms with E-state index in [1.54, 1.807) is 18.2 Å². The van der Waals surface area contributed by atoms with Crippen molar-refractivity contribution >= 4 is 11.9 Å². The van der Waals surface area contributed by atoms with Crippen LogP contribution in [0.5, 0.6) is 0 Å². The van der Waals surface area contributed by atoms with Crippen molar-refractivity contribution in [1.82, 2.24) is 10.6 Å². The summed E-state index contributed by atoms with van der Waals surface area (Å²) in [5, 5.41) is 14.8. The Morgan fingerprint density at radius 1 is 1.30 bits per heavy atom. The molecule has 1 amide bonds.